The van der Waals surface area contributed by atoms with Gasteiger partial charge in [0.25, 0.3) is 10.0 Å². The number of sulfonamides is 1. The number of thiazole rings is 1. The Morgan fingerprint density at radius 2 is 1.43 bits per heavy atom. The third-order valence-corrected chi connectivity index (χ3v) is 12.3. The molecule has 1 atom stereocenters. The molecular formula is C31H45F2N3O6S4. The second-order valence-electron chi connectivity index (χ2n) is 11.2. The lowest BCUT2D eigenvalue weighted by Crippen LogP contribution is -2.23. The van der Waals surface area contributed by atoms with Gasteiger partial charge in [0.1, 0.15) is 5.75 Å². The van der Waals surface area contributed by atoms with Gasteiger partial charge in [-0.15, -0.1) is 5.10 Å². The van der Waals surface area contributed by atoms with Gasteiger partial charge < -0.3 is 8.75 Å². The molecule has 0 spiro atoms. The van der Waals surface area contributed by atoms with Gasteiger partial charge in [-0.25, -0.2) is 12.6 Å². The molecule has 15 heteroatoms. The highest BCUT2D eigenvalue weighted by atomic mass is 32.2. The quantitative estimate of drug-likeness (QED) is 0.0844. The van der Waals surface area contributed by atoms with Crippen LogP contribution in [0.15, 0.2) is 57.4 Å². The second kappa shape index (κ2) is 18.8. The zero-order chi connectivity index (χ0) is 33.6. The molecule has 2 aromatic carbocycles. The molecule has 1 N–H and O–H groups in total. The molecule has 1 heterocycles. The van der Waals surface area contributed by atoms with E-state index in [1.807, 2.05) is 0 Å². The van der Waals surface area contributed by atoms with Crippen molar-refractivity contribution in [1.82, 2.24) is 9.40 Å². The van der Waals surface area contributed by atoms with Gasteiger partial charge in [-0.3, -0.25) is 0 Å². The van der Waals surface area contributed by atoms with Crippen LogP contribution in [0.25, 0.3) is 10.2 Å². The number of rotatable bonds is 22. The number of hydrogen-bond donors (Lipinski definition) is 1. The van der Waals surface area contributed by atoms with Crippen LogP contribution in [0.2, 0.25) is 0 Å². The number of alkyl halides is 2. The van der Waals surface area contributed by atoms with E-state index in [1.54, 1.807) is 0 Å². The van der Waals surface area contributed by atoms with E-state index in [1.165, 1.54) is 113 Å². The van der Waals surface area contributed by atoms with Crippen LogP contribution in [-0.2, 0) is 38.0 Å². The first kappa shape index (κ1) is 38.1. The predicted octanol–water partition coefficient (Wildman–Crippen LogP) is 7.55. The normalized spacial score (nSPS) is 13.5. The summed E-state index contributed by atoms with van der Waals surface area (Å²) < 4.78 is 95.4. The van der Waals surface area contributed by atoms with Gasteiger partial charge >= 0.3 is 5.76 Å². The Morgan fingerprint density at radius 1 is 0.848 bits per heavy atom. The second-order valence-corrected chi connectivity index (χ2v) is 17.0. The molecule has 0 aliphatic rings. The molecule has 0 unspecified atom stereocenters. The zero-order valence-electron chi connectivity index (χ0n) is 26.5. The lowest BCUT2D eigenvalue weighted by Gasteiger charge is -2.08. The highest BCUT2D eigenvalue weighted by molar-refractivity contribution is 7.91. The maximum absolute atomic E-state index is 13.0. The van der Waals surface area contributed by atoms with Gasteiger partial charge in [0, 0.05) is 13.1 Å². The number of halogens is 2. The molecule has 46 heavy (non-hydrogen) atoms. The molecule has 0 amide bonds. The number of fused-ring (bicyclic) bond motifs is 1. The van der Waals surface area contributed by atoms with Gasteiger partial charge in [0.2, 0.25) is 25.7 Å². The molecule has 0 fully saturated rings. The van der Waals surface area contributed by atoms with Gasteiger partial charge in [0.15, 0.2) is 0 Å². The molecule has 0 bridgehead atoms. The molecule has 0 radical (unpaired) electrons. The summed E-state index contributed by atoms with van der Waals surface area (Å²) in [5.41, 5.74) is 0.293. The van der Waals surface area contributed by atoms with Crippen molar-refractivity contribution in [2.75, 3.05) is 5.75 Å². The van der Waals surface area contributed by atoms with E-state index in [-0.39, 0.29) is 15.4 Å². The summed E-state index contributed by atoms with van der Waals surface area (Å²) in [7, 11) is -7.44. The minimum atomic E-state index is -4.79. The van der Waals surface area contributed by atoms with Gasteiger partial charge in [0.05, 0.1) is 25.8 Å². The summed E-state index contributed by atoms with van der Waals surface area (Å²) in [6, 6.07) is 9.13. The van der Waals surface area contributed by atoms with E-state index >= 15 is 0 Å². The average molecular weight is 722 g/mol. The van der Waals surface area contributed by atoms with Crippen molar-refractivity contribution in [3.8, 4) is 5.75 Å². The predicted molar refractivity (Wildman–Crippen MR) is 180 cm³/mol. The van der Waals surface area contributed by atoms with Crippen molar-refractivity contribution in [3.63, 3.8) is 0 Å². The van der Waals surface area contributed by atoms with Gasteiger partial charge in [-0.2, -0.15) is 22.0 Å². The summed E-state index contributed by atoms with van der Waals surface area (Å²) >= 11 is -0.568. The minimum absolute atomic E-state index is 0.145. The van der Waals surface area contributed by atoms with Crippen LogP contribution >= 0.6 is 11.3 Å². The standard InChI is InChI=1S/C31H45F2N3O6S4/c1-3-4-5-6-7-8-9-10-11-12-13-14-15-16-22-44(37)42-25-18-17-19-27(23-25)46(40,41)35-34-31-36(2)28-24-26(20-21-29(28)43-31)45(38,39)30(32)33/h17-21,23-24,30,35H,3-16,22H2,1-2H3/b34-31-/t44-/m1/s1. The number of unbranched alkanes of at least 4 members (excludes halogenated alkanes) is 13. The molecule has 258 valence electrons. The molecule has 0 aliphatic carbocycles. The van der Waals surface area contributed by atoms with Crippen LogP contribution in [0.4, 0.5) is 8.78 Å². The number of aryl methyl sites for hydroxylation is 1. The molecule has 3 aromatic rings. The zero-order valence-corrected chi connectivity index (χ0v) is 29.7. The minimum Gasteiger partial charge on any atom is -0.400 e. The van der Waals surface area contributed by atoms with Crippen LogP contribution in [0.3, 0.4) is 0 Å². The van der Waals surface area contributed by atoms with Crippen molar-refractivity contribution in [1.29, 1.82) is 0 Å². The maximum atomic E-state index is 13.0. The van der Waals surface area contributed by atoms with Crippen molar-refractivity contribution in [3.05, 3.63) is 47.3 Å². The molecule has 0 saturated carbocycles. The average Bonchev–Trinajstić information content (AvgIpc) is 3.34. The lowest BCUT2D eigenvalue weighted by molar-refractivity contribution is 0.235. The molecule has 0 aliphatic heterocycles. The summed E-state index contributed by atoms with van der Waals surface area (Å²) in [6.07, 6.45) is 17.2. The molecule has 0 saturated heterocycles. The Morgan fingerprint density at radius 3 is 2.02 bits per heavy atom. The van der Waals surface area contributed by atoms with Crippen LogP contribution < -0.4 is 13.8 Å². The molecular weight excluding hydrogens is 677 g/mol. The van der Waals surface area contributed by atoms with Crippen LogP contribution in [0.1, 0.15) is 96.8 Å². The highest BCUT2D eigenvalue weighted by Crippen LogP contribution is 2.25. The summed E-state index contributed by atoms with van der Waals surface area (Å²) in [6.45, 7) is 2.24. The molecule has 1 aromatic heterocycles. The fourth-order valence-electron chi connectivity index (χ4n) is 4.90. The Kier molecular flexibility index (Phi) is 15.6. The van der Waals surface area contributed by atoms with Crippen LogP contribution in [0.5, 0.6) is 5.75 Å². The number of sulfone groups is 1. The highest BCUT2D eigenvalue weighted by Gasteiger charge is 2.27. The largest absolute Gasteiger partial charge is 0.400 e. The topological polar surface area (TPSA) is 124 Å². The Balaban J connectivity index is 1.44. The summed E-state index contributed by atoms with van der Waals surface area (Å²) in [5, 5.41) is 3.96. The van der Waals surface area contributed by atoms with Crippen molar-refractivity contribution in [2.45, 2.75) is 112 Å². The van der Waals surface area contributed by atoms with Gasteiger partial charge in [-0.05, 0) is 36.8 Å². The Labute approximate surface area is 278 Å². The summed E-state index contributed by atoms with van der Waals surface area (Å²) in [5.74, 6) is -3.07. The Hall–Kier alpha value is -2.36. The molecule has 3 rings (SSSR count). The Bertz CT molecular complexity index is 1710. The maximum Gasteiger partial charge on any atom is 0.341 e. The summed E-state index contributed by atoms with van der Waals surface area (Å²) in [4.78, 5) is 1.59. The van der Waals surface area contributed by atoms with E-state index < -0.39 is 41.6 Å². The monoisotopic (exact) mass is 721 g/mol. The van der Waals surface area contributed by atoms with E-state index in [2.05, 4.69) is 16.9 Å². The van der Waals surface area contributed by atoms with Crippen LogP contribution in [-0.4, -0.2) is 37.1 Å². The number of benzene rings is 2. The third kappa shape index (κ3) is 11.7. The first-order valence-corrected chi connectivity index (χ1v) is 20.9. The smallest absolute Gasteiger partial charge is 0.341 e. The van der Waals surface area contributed by atoms with E-state index in [9.17, 15) is 29.8 Å². The lowest BCUT2D eigenvalue weighted by atomic mass is 10.0. The third-order valence-electron chi connectivity index (χ3n) is 7.57. The number of nitrogens with one attached hydrogen (secondary N) is 1. The molecule has 9 nitrogen and oxygen atoms in total. The van der Waals surface area contributed by atoms with Crippen molar-refractivity contribution >= 4 is 52.5 Å². The number of hydrogen-bond acceptors (Lipinski definition) is 8. The van der Waals surface area contributed by atoms with Crippen molar-refractivity contribution < 1.29 is 34.0 Å². The fraction of sp³-hybridized carbons (Fsp3) is 0.581. The number of aromatic nitrogens is 1. The van der Waals surface area contributed by atoms with Gasteiger partial charge in [-0.1, -0.05) is 108 Å². The van der Waals surface area contributed by atoms with Crippen LogP contribution in [0, 0.1) is 0 Å². The SMILES string of the molecule is CCCCCCCCCCCCCCCC[S@](=O)Oc1cccc(S(=O)(=O)N/N=c2\sc3ccc(S(=O)(=O)C(F)F)cc3n2C)c1. The fourth-order valence-corrected chi connectivity index (χ4v) is 8.34. The first-order chi connectivity index (χ1) is 22.0. The van der Waals surface area contributed by atoms with Crippen molar-refractivity contribution in [2.24, 2.45) is 12.1 Å². The van der Waals surface area contributed by atoms with E-state index in [0.29, 0.717) is 16.0 Å². The first-order valence-electron chi connectivity index (χ1n) is 15.8. The van der Waals surface area contributed by atoms with E-state index in [4.69, 9.17) is 4.18 Å². The number of nitrogens with zero attached hydrogens (tertiary/aromatic N) is 2. The van der Waals surface area contributed by atoms with E-state index in [0.717, 1.165) is 42.7 Å².